The molecule has 0 saturated heterocycles. The maximum absolute atomic E-state index is 9.82. The predicted octanol–water partition coefficient (Wildman–Crippen LogP) is 1.93. The minimum absolute atomic E-state index is 0.767. The Hall–Kier alpha value is -0.890. The van der Waals surface area contributed by atoms with Crippen LogP contribution in [0.2, 0.25) is 0 Å². The van der Waals surface area contributed by atoms with E-state index in [2.05, 4.69) is 4.98 Å². The smallest absolute Gasteiger partial charge is 0.0846 e. The summed E-state index contributed by atoms with van der Waals surface area (Å²) in [4.78, 5) is 4.05. The van der Waals surface area contributed by atoms with E-state index in [1.54, 1.807) is 26.2 Å². The van der Waals surface area contributed by atoms with Crippen molar-refractivity contribution in [3.8, 4) is 0 Å². The molecule has 0 fully saturated rings. The third kappa shape index (κ3) is 1.64. The van der Waals surface area contributed by atoms with E-state index in [1.165, 1.54) is 0 Å². The molecule has 0 aromatic carbocycles. The Morgan fingerprint density at radius 1 is 1.17 bits per heavy atom. The lowest BCUT2D eigenvalue weighted by atomic mass is 9.92. The minimum Gasteiger partial charge on any atom is -0.386 e. The average Bonchev–Trinajstić information content (AvgIpc) is 1.82. The van der Waals surface area contributed by atoms with Crippen molar-refractivity contribution >= 4 is 0 Å². The van der Waals surface area contributed by atoms with Crippen molar-refractivity contribution in [2.24, 2.45) is 0 Å². The Kier molecular flexibility index (Phi) is 2.20. The minimum atomic E-state index is -0.767. The second-order valence-electron chi connectivity index (χ2n) is 3.71. The molecule has 0 bridgehead atoms. The number of hydrogen-bond acceptors (Lipinski definition) is 2. The Morgan fingerprint density at radius 2 is 1.58 bits per heavy atom. The Labute approximate surface area is 73.3 Å². The highest BCUT2D eigenvalue weighted by atomic mass is 16.3. The first-order valence-corrected chi connectivity index (χ1v) is 4.07. The molecule has 0 aliphatic rings. The topological polar surface area (TPSA) is 33.1 Å². The number of pyridine rings is 1. The van der Waals surface area contributed by atoms with Crippen LogP contribution in [0.25, 0.3) is 0 Å². The van der Waals surface area contributed by atoms with Crippen LogP contribution in [0.1, 0.15) is 30.5 Å². The molecular weight excluding hydrogens is 150 g/mol. The zero-order chi connectivity index (χ0) is 9.35. The largest absolute Gasteiger partial charge is 0.386 e. The van der Waals surface area contributed by atoms with Gasteiger partial charge < -0.3 is 5.11 Å². The van der Waals surface area contributed by atoms with E-state index in [9.17, 15) is 5.11 Å². The van der Waals surface area contributed by atoms with Crippen molar-refractivity contribution in [1.82, 2.24) is 4.98 Å². The zero-order valence-corrected chi connectivity index (χ0v) is 8.05. The molecule has 1 aromatic rings. The molecule has 2 nitrogen and oxygen atoms in total. The molecule has 1 rings (SSSR count). The molecule has 12 heavy (non-hydrogen) atoms. The second-order valence-corrected chi connectivity index (χ2v) is 3.71. The van der Waals surface area contributed by atoms with Crippen molar-refractivity contribution < 1.29 is 5.11 Å². The van der Waals surface area contributed by atoms with Gasteiger partial charge >= 0.3 is 0 Å². The van der Waals surface area contributed by atoms with Gasteiger partial charge in [-0.25, -0.2) is 0 Å². The quantitative estimate of drug-likeness (QED) is 0.689. The molecule has 0 amide bonds. The van der Waals surface area contributed by atoms with E-state index in [0.717, 1.165) is 16.7 Å². The predicted molar refractivity (Wildman–Crippen MR) is 49.0 cm³/mol. The van der Waals surface area contributed by atoms with Crippen LogP contribution in [-0.4, -0.2) is 10.1 Å². The van der Waals surface area contributed by atoms with Gasteiger partial charge in [0.1, 0.15) is 0 Å². The van der Waals surface area contributed by atoms with Gasteiger partial charge in [0.2, 0.25) is 0 Å². The van der Waals surface area contributed by atoms with E-state index < -0.39 is 5.60 Å². The van der Waals surface area contributed by atoms with Gasteiger partial charge in [0.25, 0.3) is 0 Å². The van der Waals surface area contributed by atoms with Crippen LogP contribution in [0.15, 0.2) is 12.4 Å². The normalized spacial score (nSPS) is 11.8. The van der Waals surface area contributed by atoms with E-state index in [4.69, 9.17) is 0 Å². The molecule has 0 saturated carbocycles. The van der Waals surface area contributed by atoms with Crippen molar-refractivity contribution in [3.63, 3.8) is 0 Å². The lowest BCUT2D eigenvalue weighted by Gasteiger charge is -2.22. The number of hydrogen-bond donors (Lipinski definition) is 1. The summed E-state index contributed by atoms with van der Waals surface area (Å²) in [6.07, 6.45) is 3.56. The van der Waals surface area contributed by atoms with Crippen LogP contribution in [0, 0.1) is 13.8 Å². The van der Waals surface area contributed by atoms with Gasteiger partial charge in [-0.15, -0.1) is 0 Å². The van der Waals surface area contributed by atoms with E-state index >= 15 is 0 Å². The molecule has 0 unspecified atom stereocenters. The summed E-state index contributed by atoms with van der Waals surface area (Å²) < 4.78 is 0. The van der Waals surface area contributed by atoms with Crippen molar-refractivity contribution in [3.05, 3.63) is 29.1 Å². The van der Waals surface area contributed by atoms with Crippen LogP contribution < -0.4 is 0 Å². The molecule has 0 radical (unpaired) electrons. The summed E-state index contributed by atoms with van der Waals surface area (Å²) in [7, 11) is 0. The number of aliphatic hydroxyl groups is 1. The first kappa shape index (κ1) is 9.20. The summed E-state index contributed by atoms with van der Waals surface area (Å²) in [6, 6.07) is 0. The Bertz CT molecular complexity index is 266. The van der Waals surface area contributed by atoms with Gasteiger partial charge in [-0.2, -0.15) is 0 Å². The monoisotopic (exact) mass is 165 g/mol. The average molecular weight is 165 g/mol. The third-order valence-corrected chi connectivity index (χ3v) is 1.94. The van der Waals surface area contributed by atoms with Gasteiger partial charge in [-0.1, -0.05) is 0 Å². The highest BCUT2D eigenvalue weighted by Crippen LogP contribution is 2.25. The first-order valence-electron chi connectivity index (χ1n) is 4.07. The third-order valence-electron chi connectivity index (χ3n) is 1.94. The van der Waals surface area contributed by atoms with Crippen LogP contribution in [0.5, 0.6) is 0 Å². The number of rotatable bonds is 1. The summed E-state index contributed by atoms with van der Waals surface area (Å²) >= 11 is 0. The van der Waals surface area contributed by atoms with Gasteiger partial charge in [0.05, 0.1) is 5.60 Å². The maximum Gasteiger partial charge on any atom is 0.0846 e. The molecule has 0 spiro atoms. The van der Waals surface area contributed by atoms with Gasteiger partial charge in [-0.05, 0) is 44.4 Å². The highest BCUT2D eigenvalue weighted by Gasteiger charge is 2.20. The molecule has 0 aliphatic heterocycles. The van der Waals surface area contributed by atoms with Gasteiger partial charge in [0.15, 0.2) is 0 Å². The van der Waals surface area contributed by atoms with Crippen molar-refractivity contribution in [2.75, 3.05) is 0 Å². The second kappa shape index (κ2) is 2.87. The highest BCUT2D eigenvalue weighted by molar-refractivity contribution is 5.34. The zero-order valence-electron chi connectivity index (χ0n) is 8.05. The molecule has 0 atom stereocenters. The van der Waals surface area contributed by atoms with Gasteiger partial charge in [0, 0.05) is 12.4 Å². The Balaban J connectivity index is 3.31. The van der Waals surface area contributed by atoms with E-state index in [1.807, 2.05) is 13.8 Å². The van der Waals surface area contributed by atoms with Crippen molar-refractivity contribution in [2.45, 2.75) is 33.3 Å². The Morgan fingerprint density at radius 3 is 1.83 bits per heavy atom. The molecule has 66 valence electrons. The fraction of sp³-hybridized carbons (Fsp3) is 0.500. The number of aryl methyl sites for hydroxylation is 2. The fourth-order valence-electron chi connectivity index (χ4n) is 1.67. The first-order chi connectivity index (χ1) is 5.43. The van der Waals surface area contributed by atoms with E-state index in [-0.39, 0.29) is 0 Å². The lowest BCUT2D eigenvalue weighted by Crippen LogP contribution is -2.19. The van der Waals surface area contributed by atoms with E-state index in [0.29, 0.717) is 0 Å². The summed E-state index contributed by atoms with van der Waals surface area (Å²) in [5.41, 5.74) is 2.31. The fourth-order valence-corrected chi connectivity index (χ4v) is 1.67. The molecule has 1 heterocycles. The lowest BCUT2D eigenvalue weighted by molar-refractivity contribution is 0.0771. The molecule has 1 N–H and O–H groups in total. The SMILES string of the molecule is Cc1cncc(C)c1C(C)(C)O. The molecule has 1 aromatic heterocycles. The van der Waals surface area contributed by atoms with Crippen LogP contribution in [0.4, 0.5) is 0 Å². The summed E-state index contributed by atoms with van der Waals surface area (Å²) in [6.45, 7) is 7.52. The maximum atomic E-state index is 9.82. The van der Waals surface area contributed by atoms with Crippen molar-refractivity contribution in [1.29, 1.82) is 0 Å². The number of nitrogens with zero attached hydrogens (tertiary/aromatic N) is 1. The standard InChI is InChI=1S/C10H15NO/c1-7-5-11-6-8(2)9(7)10(3,4)12/h5-6,12H,1-4H3. The van der Waals surface area contributed by atoms with Gasteiger partial charge in [-0.3, -0.25) is 4.98 Å². The van der Waals surface area contributed by atoms with Crippen LogP contribution in [-0.2, 0) is 5.60 Å². The molecular formula is C10H15NO. The summed E-state index contributed by atoms with van der Waals surface area (Å²) in [5, 5.41) is 9.82. The summed E-state index contributed by atoms with van der Waals surface area (Å²) in [5.74, 6) is 0. The van der Waals surface area contributed by atoms with Crippen LogP contribution in [0.3, 0.4) is 0 Å². The van der Waals surface area contributed by atoms with Crippen LogP contribution >= 0.6 is 0 Å². The molecule has 0 aliphatic carbocycles. The number of aromatic nitrogens is 1. The molecule has 2 heteroatoms.